The van der Waals surface area contributed by atoms with E-state index in [0.29, 0.717) is 27.1 Å². The van der Waals surface area contributed by atoms with Gasteiger partial charge in [0.1, 0.15) is 11.9 Å². The molecule has 0 unspecified atom stereocenters. The summed E-state index contributed by atoms with van der Waals surface area (Å²) < 4.78 is 0. The zero-order valence-corrected chi connectivity index (χ0v) is 12.3. The van der Waals surface area contributed by atoms with E-state index in [1.54, 1.807) is 24.3 Å². The molecular weight excluding hydrogens is 305 g/mol. The second-order valence-corrected chi connectivity index (χ2v) is 5.35. The Hall–Kier alpha value is -2.28. The number of para-hydroxylation sites is 1. The maximum atomic E-state index is 9.28. The Morgan fingerprint density at radius 3 is 2.43 bits per heavy atom. The Labute approximate surface area is 131 Å². The third-order valence-corrected chi connectivity index (χ3v) is 3.41. The highest BCUT2D eigenvalue weighted by Gasteiger charge is 2.08. The van der Waals surface area contributed by atoms with Gasteiger partial charge in [0.05, 0.1) is 11.1 Å². The van der Waals surface area contributed by atoms with E-state index in [4.69, 9.17) is 23.2 Å². The van der Waals surface area contributed by atoms with Gasteiger partial charge in [0.25, 0.3) is 0 Å². The number of fused-ring (bicyclic) bond motifs is 1. The van der Waals surface area contributed by atoms with Crippen molar-refractivity contribution in [3.63, 3.8) is 0 Å². The molecule has 0 saturated carbocycles. The van der Waals surface area contributed by atoms with Crippen LogP contribution in [0.15, 0.2) is 48.5 Å². The van der Waals surface area contributed by atoms with Gasteiger partial charge in [-0.2, -0.15) is 5.26 Å². The van der Waals surface area contributed by atoms with Gasteiger partial charge in [0.2, 0.25) is 0 Å². The van der Waals surface area contributed by atoms with Gasteiger partial charge in [0.15, 0.2) is 0 Å². The first-order valence-corrected chi connectivity index (χ1v) is 6.94. The average Bonchev–Trinajstić information content (AvgIpc) is 2.45. The van der Waals surface area contributed by atoms with Crippen molar-refractivity contribution in [1.29, 1.82) is 5.26 Å². The van der Waals surface area contributed by atoms with Crippen LogP contribution in [0.1, 0.15) is 5.56 Å². The molecule has 1 aromatic heterocycles. The second kappa shape index (κ2) is 5.61. The highest BCUT2D eigenvalue weighted by atomic mass is 35.5. The van der Waals surface area contributed by atoms with Crippen LogP contribution >= 0.6 is 23.2 Å². The maximum absolute atomic E-state index is 9.28. The molecule has 1 N–H and O–H groups in total. The van der Waals surface area contributed by atoms with Crippen LogP contribution in [0.3, 0.4) is 0 Å². The number of pyridine rings is 1. The van der Waals surface area contributed by atoms with Crippen molar-refractivity contribution in [2.75, 3.05) is 5.32 Å². The molecule has 0 radical (unpaired) electrons. The summed E-state index contributed by atoms with van der Waals surface area (Å²) in [6.45, 7) is 0. The van der Waals surface area contributed by atoms with E-state index in [0.717, 1.165) is 10.9 Å². The number of nitrogens with zero attached hydrogens (tertiary/aromatic N) is 2. The molecule has 0 amide bonds. The number of aromatic nitrogens is 1. The van der Waals surface area contributed by atoms with Crippen molar-refractivity contribution in [3.05, 3.63) is 64.1 Å². The van der Waals surface area contributed by atoms with Gasteiger partial charge in [-0.1, -0.05) is 41.4 Å². The molecule has 1 heterocycles. The quantitative estimate of drug-likeness (QED) is 0.711. The third kappa shape index (κ3) is 2.92. The first kappa shape index (κ1) is 13.7. The normalized spacial score (nSPS) is 10.3. The van der Waals surface area contributed by atoms with Crippen LogP contribution in [-0.4, -0.2) is 4.98 Å². The number of hydrogen-bond acceptors (Lipinski definition) is 3. The number of hydrogen-bond donors (Lipinski definition) is 1. The van der Waals surface area contributed by atoms with Crippen molar-refractivity contribution >= 4 is 45.6 Å². The van der Waals surface area contributed by atoms with E-state index in [2.05, 4.69) is 16.4 Å². The number of nitrogens with one attached hydrogen (secondary N) is 1. The molecule has 0 spiro atoms. The topological polar surface area (TPSA) is 48.7 Å². The summed E-state index contributed by atoms with van der Waals surface area (Å²) in [5, 5.41) is 14.3. The average molecular weight is 314 g/mol. The molecule has 0 atom stereocenters. The van der Waals surface area contributed by atoms with Gasteiger partial charge in [-0.15, -0.1) is 0 Å². The number of nitriles is 1. The minimum Gasteiger partial charge on any atom is -0.339 e. The highest BCUT2D eigenvalue weighted by Crippen LogP contribution is 2.27. The minimum atomic E-state index is 0.463. The molecule has 3 aromatic rings. The predicted octanol–water partition coefficient (Wildman–Crippen LogP) is 5.16. The third-order valence-electron chi connectivity index (χ3n) is 2.97. The summed E-state index contributed by atoms with van der Waals surface area (Å²) in [5.41, 5.74) is 1.96. The summed E-state index contributed by atoms with van der Waals surface area (Å²) in [6, 6.07) is 16.7. The van der Waals surface area contributed by atoms with Crippen molar-refractivity contribution in [2.24, 2.45) is 0 Å². The molecule has 3 rings (SSSR count). The Kier molecular flexibility index (Phi) is 3.66. The van der Waals surface area contributed by atoms with E-state index >= 15 is 0 Å². The fourth-order valence-electron chi connectivity index (χ4n) is 2.06. The van der Waals surface area contributed by atoms with Gasteiger partial charge in [-0.3, -0.25) is 0 Å². The first-order chi connectivity index (χ1) is 10.2. The molecule has 3 nitrogen and oxygen atoms in total. The summed E-state index contributed by atoms with van der Waals surface area (Å²) in [6.07, 6.45) is 0. The molecule has 0 aliphatic rings. The lowest BCUT2D eigenvalue weighted by molar-refractivity contribution is 1.34. The Morgan fingerprint density at radius 1 is 1.00 bits per heavy atom. The second-order valence-electron chi connectivity index (χ2n) is 4.47. The van der Waals surface area contributed by atoms with E-state index in [1.165, 1.54) is 0 Å². The van der Waals surface area contributed by atoms with Crippen LogP contribution in [0.25, 0.3) is 10.9 Å². The fourth-order valence-corrected chi connectivity index (χ4v) is 2.59. The molecule has 102 valence electrons. The number of rotatable bonds is 2. The van der Waals surface area contributed by atoms with Gasteiger partial charge in [0, 0.05) is 21.1 Å². The van der Waals surface area contributed by atoms with E-state index < -0.39 is 0 Å². The summed E-state index contributed by atoms with van der Waals surface area (Å²) in [7, 11) is 0. The van der Waals surface area contributed by atoms with Crippen LogP contribution in [0, 0.1) is 11.3 Å². The van der Waals surface area contributed by atoms with Crippen molar-refractivity contribution in [3.8, 4) is 6.07 Å². The van der Waals surface area contributed by atoms with Crippen LogP contribution in [0.5, 0.6) is 0 Å². The fraction of sp³-hybridized carbons (Fsp3) is 0. The van der Waals surface area contributed by atoms with Gasteiger partial charge >= 0.3 is 0 Å². The van der Waals surface area contributed by atoms with Crippen LogP contribution in [0.4, 0.5) is 11.5 Å². The number of benzene rings is 2. The SMILES string of the molecule is N#Cc1cc2ccccc2nc1Nc1cc(Cl)cc(Cl)c1. The Bertz CT molecular complexity index is 849. The molecule has 5 heteroatoms. The first-order valence-electron chi connectivity index (χ1n) is 6.19. The van der Waals surface area contributed by atoms with Crippen LogP contribution in [0.2, 0.25) is 10.0 Å². The maximum Gasteiger partial charge on any atom is 0.149 e. The molecular formula is C16H9Cl2N3. The molecule has 0 aliphatic heterocycles. The van der Waals surface area contributed by atoms with Crippen molar-refractivity contribution in [2.45, 2.75) is 0 Å². The number of halogens is 2. The zero-order chi connectivity index (χ0) is 14.8. The molecule has 2 aromatic carbocycles. The largest absolute Gasteiger partial charge is 0.339 e. The summed E-state index contributed by atoms with van der Waals surface area (Å²) in [4.78, 5) is 4.48. The highest BCUT2D eigenvalue weighted by molar-refractivity contribution is 6.35. The number of anilines is 2. The van der Waals surface area contributed by atoms with Gasteiger partial charge in [-0.05, 0) is 30.3 Å². The van der Waals surface area contributed by atoms with Crippen LogP contribution < -0.4 is 5.32 Å². The Morgan fingerprint density at radius 2 is 1.71 bits per heavy atom. The standard InChI is InChI=1S/C16H9Cl2N3/c17-12-6-13(18)8-14(7-12)20-16-11(9-19)5-10-3-1-2-4-15(10)21-16/h1-8H,(H,20,21). The van der Waals surface area contributed by atoms with Crippen molar-refractivity contribution < 1.29 is 0 Å². The molecule has 0 fully saturated rings. The van der Waals surface area contributed by atoms with Crippen molar-refractivity contribution in [1.82, 2.24) is 4.98 Å². The molecule has 0 saturated heterocycles. The van der Waals surface area contributed by atoms with E-state index in [-0.39, 0.29) is 0 Å². The van der Waals surface area contributed by atoms with Gasteiger partial charge in [-0.25, -0.2) is 4.98 Å². The monoisotopic (exact) mass is 313 g/mol. The Balaban J connectivity index is 2.09. The lowest BCUT2D eigenvalue weighted by Crippen LogP contribution is -1.97. The summed E-state index contributed by atoms with van der Waals surface area (Å²) >= 11 is 12.0. The lowest BCUT2D eigenvalue weighted by atomic mass is 10.1. The minimum absolute atomic E-state index is 0.463. The smallest absolute Gasteiger partial charge is 0.149 e. The van der Waals surface area contributed by atoms with E-state index in [9.17, 15) is 5.26 Å². The summed E-state index contributed by atoms with van der Waals surface area (Å²) in [5.74, 6) is 0.481. The zero-order valence-electron chi connectivity index (χ0n) is 10.8. The van der Waals surface area contributed by atoms with Crippen LogP contribution in [-0.2, 0) is 0 Å². The predicted molar refractivity (Wildman–Crippen MR) is 86.2 cm³/mol. The molecule has 0 aliphatic carbocycles. The lowest BCUT2D eigenvalue weighted by Gasteiger charge is -2.09. The van der Waals surface area contributed by atoms with E-state index in [1.807, 2.05) is 24.3 Å². The molecule has 21 heavy (non-hydrogen) atoms. The van der Waals surface area contributed by atoms with Gasteiger partial charge < -0.3 is 5.32 Å². The molecule has 0 bridgehead atoms.